The first-order valence-electron chi connectivity index (χ1n) is 6.83. The summed E-state index contributed by atoms with van der Waals surface area (Å²) in [6.07, 6.45) is 0.933. The smallest absolute Gasteiger partial charge is 0.163 e. The van der Waals surface area contributed by atoms with Crippen molar-refractivity contribution in [3.63, 3.8) is 0 Å². The zero-order valence-electron chi connectivity index (χ0n) is 11.6. The second-order valence-corrected chi connectivity index (χ2v) is 4.96. The Hall–Kier alpha value is -0.820. The summed E-state index contributed by atoms with van der Waals surface area (Å²) >= 11 is 0. The van der Waals surface area contributed by atoms with Gasteiger partial charge >= 0.3 is 0 Å². The van der Waals surface area contributed by atoms with Gasteiger partial charge < -0.3 is 10.4 Å². The monoisotopic (exact) mass is 324 g/mol. The molecule has 1 aliphatic heterocycles. The van der Waals surface area contributed by atoms with Gasteiger partial charge in [0, 0.05) is 50.5 Å². The standard InChI is InChI=1S/C14H19F3N2O.ClH/c15-10-8-11(14(17)12(16)9-10)13(2-1-7-20)19-5-3-18-4-6-19;/h8-9,13,18,20H,1-7H2;1H/t13-;/m0./s1. The second-order valence-electron chi connectivity index (χ2n) is 4.96. The Morgan fingerprint density at radius 3 is 2.48 bits per heavy atom. The number of halogens is 4. The third kappa shape index (κ3) is 4.57. The van der Waals surface area contributed by atoms with Crippen molar-refractivity contribution in [2.24, 2.45) is 0 Å². The van der Waals surface area contributed by atoms with Crippen molar-refractivity contribution >= 4 is 12.4 Å². The quantitative estimate of drug-likeness (QED) is 0.816. The van der Waals surface area contributed by atoms with Crippen molar-refractivity contribution in [1.29, 1.82) is 0 Å². The maximum Gasteiger partial charge on any atom is 0.163 e. The molecule has 0 bridgehead atoms. The maximum absolute atomic E-state index is 14.0. The van der Waals surface area contributed by atoms with Crippen LogP contribution in [0.1, 0.15) is 24.4 Å². The van der Waals surface area contributed by atoms with Crippen LogP contribution in [0.15, 0.2) is 12.1 Å². The van der Waals surface area contributed by atoms with E-state index < -0.39 is 23.5 Å². The summed E-state index contributed by atoms with van der Waals surface area (Å²) in [5, 5.41) is 12.1. The van der Waals surface area contributed by atoms with Gasteiger partial charge in [0.15, 0.2) is 11.6 Å². The van der Waals surface area contributed by atoms with Crippen molar-refractivity contribution in [3.8, 4) is 0 Å². The molecule has 1 heterocycles. The maximum atomic E-state index is 14.0. The lowest BCUT2D eigenvalue weighted by Gasteiger charge is -2.35. The number of nitrogens with one attached hydrogen (secondary N) is 1. The predicted octanol–water partition coefficient (Wildman–Crippen LogP) is 2.24. The van der Waals surface area contributed by atoms with Gasteiger partial charge in [0.25, 0.3) is 0 Å². The van der Waals surface area contributed by atoms with Crippen molar-refractivity contribution in [2.45, 2.75) is 18.9 Å². The van der Waals surface area contributed by atoms with Gasteiger partial charge in [0.05, 0.1) is 0 Å². The molecule has 2 N–H and O–H groups in total. The largest absolute Gasteiger partial charge is 0.396 e. The fourth-order valence-corrected chi connectivity index (χ4v) is 2.63. The van der Waals surface area contributed by atoms with Gasteiger partial charge in [0.1, 0.15) is 5.82 Å². The van der Waals surface area contributed by atoms with Gasteiger partial charge in [-0.05, 0) is 18.9 Å². The fraction of sp³-hybridized carbons (Fsp3) is 0.571. The molecule has 0 unspecified atom stereocenters. The number of hydrogen-bond donors (Lipinski definition) is 2. The van der Waals surface area contributed by atoms with Crippen LogP contribution in [0.4, 0.5) is 13.2 Å². The highest BCUT2D eigenvalue weighted by molar-refractivity contribution is 5.85. The van der Waals surface area contributed by atoms with Crippen molar-refractivity contribution in [2.75, 3.05) is 32.8 Å². The molecule has 1 aliphatic rings. The first-order valence-corrected chi connectivity index (χ1v) is 6.83. The molecular formula is C14H20ClF3N2O. The zero-order valence-corrected chi connectivity index (χ0v) is 12.4. The number of nitrogens with zero attached hydrogens (tertiary/aromatic N) is 1. The SMILES string of the molecule is Cl.OCCC[C@@H](c1cc(F)cc(F)c1F)N1CCNCC1. The molecule has 1 aromatic rings. The van der Waals surface area contributed by atoms with Crippen LogP contribution in [-0.2, 0) is 0 Å². The van der Waals surface area contributed by atoms with Gasteiger partial charge in [0.2, 0.25) is 0 Å². The summed E-state index contributed by atoms with van der Waals surface area (Å²) in [5.74, 6) is -2.93. The lowest BCUT2D eigenvalue weighted by molar-refractivity contribution is 0.150. The summed E-state index contributed by atoms with van der Waals surface area (Å²) in [4.78, 5) is 2.00. The highest BCUT2D eigenvalue weighted by atomic mass is 35.5. The number of benzene rings is 1. The number of hydrogen-bond acceptors (Lipinski definition) is 3. The van der Waals surface area contributed by atoms with Crippen LogP contribution in [-0.4, -0.2) is 42.8 Å². The van der Waals surface area contributed by atoms with E-state index in [2.05, 4.69) is 5.32 Å². The molecule has 0 amide bonds. The minimum atomic E-state index is -1.16. The van der Waals surface area contributed by atoms with Gasteiger partial charge in [-0.1, -0.05) is 0 Å². The van der Waals surface area contributed by atoms with Crippen LogP contribution in [0.2, 0.25) is 0 Å². The number of aliphatic hydroxyl groups excluding tert-OH is 1. The summed E-state index contributed by atoms with van der Waals surface area (Å²) in [6, 6.07) is 1.21. The second kappa shape index (κ2) is 8.58. The van der Waals surface area contributed by atoms with E-state index in [-0.39, 0.29) is 24.6 Å². The molecule has 1 aromatic carbocycles. The molecule has 3 nitrogen and oxygen atoms in total. The predicted molar refractivity (Wildman–Crippen MR) is 77.1 cm³/mol. The van der Waals surface area contributed by atoms with Gasteiger partial charge in [-0.15, -0.1) is 12.4 Å². The Bertz CT molecular complexity index is 456. The Labute approximate surface area is 128 Å². The van der Waals surface area contributed by atoms with E-state index >= 15 is 0 Å². The summed E-state index contributed by atoms with van der Waals surface area (Å²) in [6.45, 7) is 2.87. The molecule has 0 spiro atoms. The third-order valence-corrected chi connectivity index (χ3v) is 3.61. The van der Waals surface area contributed by atoms with E-state index in [9.17, 15) is 13.2 Å². The Morgan fingerprint density at radius 1 is 1.19 bits per heavy atom. The van der Waals surface area contributed by atoms with E-state index in [1.807, 2.05) is 4.90 Å². The van der Waals surface area contributed by atoms with E-state index in [0.29, 0.717) is 32.0 Å². The van der Waals surface area contributed by atoms with Crippen LogP contribution in [0.25, 0.3) is 0 Å². The van der Waals surface area contributed by atoms with Crippen molar-refractivity contribution < 1.29 is 18.3 Å². The molecule has 120 valence electrons. The molecule has 0 saturated carbocycles. The van der Waals surface area contributed by atoms with Crippen LogP contribution >= 0.6 is 12.4 Å². The average Bonchev–Trinajstić information content (AvgIpc) is 2.45. The van der Waals surface area contributed by atoms with Crippen LogP contribution < -0.4 is 5.32 Å². The Balaban J connectivity index is 0.00000220. The molecule has 1 atom stereocenters. The van der Waals surface area contributed by atoms with Crippen molar-refractivity contribution in [3.05, 3.63) is 35.1 Å². The average molecular weight is 325 g/mol. The number of piperazine rings is 1. The summed E-state index contributed by atoms with van der Waals surface area (Å²) in [7, 11) is 0. The molecule has 21 heavy (non-hydrogen) atoms. The van der Waals surface area contributed by atoms with Crippen LogP contribution in [0.5, 0.6) is 0 Å². The molecule has 0 radical (unpaired) electrons. The number of aliphatic hydroxyl groups is 1. The first kappa shape index (κ1) is 18.2. The van der Waals surface area contributed by atoms with Crippen LogP contribution in [0.3, 0.4) is 0 Å². The lowest BCUT2D eigenvalue weighted by atomic mass is 9.98. The highest BCUT2D eigenvalue weighted by Gasteiger charge is 2.26. The Kier molecular flexibility index (Phi) is 7.45. The lowest BCUT2D eigenvalue weighted by Crippen LogP contribution is -2.45. The summed E-state index contributed by atoms with van der Waals surface area (Å²) in [5.41, 5.74) is 0.0397. The molecule has 1 saturated heterocycles. The third-order valence-electron chi connectivity index (χ3n) is 3.61. The first-order chi connectivity index (χ1) is 9.63. The molecule has 7 heteroatoms. The fourth-order valence-electron chi connectivity index (χ4n) is 2.63. The van der Waals surface area contributed by atoms with Gasteiger partial charge in [-0.2, -0.15) is 0 Å². The van der Waals surface area contributed by atoms with E-state index in [1.165, 1.54) is 0 Å². The minimum absolute atomic E-state index is 0. The zero-order chi connectivity index (χ0) is 14.5. The van der Waals surface area contributed by atoms with E-state index in [0.717, 1.165) is 19.2 Å². The van der Waals surface area contributed by atoms with E-state index in [1.54, 1.807) is 0 Å². The topological polar surface area (TPSA) is 35.5 Å². The molecule has 0 aromatic heterocycles. The van der Waals surface area contributed by atoms with Crippen LogP contribution in [0, 0.1) is 17.5 Å². The molecular weight excluding hydrogens is 305 g/mol. The normalized spacial score (nSPS) is 17.3. The summed E-state index contributed by atoms with van der Waals surface area (Å²) < 4.78 is 40.7. The van der Waals surface area contributed by atoms with E-state index in [4.69, 9.17) is 5.11 Å². The highest BCUT2D eigenvalue weighted by Crippen LogP contribution is 2.30. The number of rotatable bonds is 5. The molecule has 0 aliphatic carbocycles. The Morgan fingerprint density at radius 2 is 1.86 bits per heavy atom. The molecule has 2 rings (SSSR count). The van der Waals surface area contributed by atoms with Gasteiger partial charge in [-0.3, -0.25) is 4.90 Å². The minimum Gasteiger partial charge on any atom is -0.396 e. The van der Waals surface area contributed by atoms with Crippen molar-refractivity contribution in [1.82, 2.24) is 10.2 Å². The molecule has 1 fully saturated rings. The van der Waals surface area contributed by atoms with Gasteiger partial charge in [-0.25, -0.2) is 13.2 Å².